The molecule has 2 aliphatic rings. The monoisotopic (exact) mass is 270 g/mol. The van der Waals surface area contributed by atoms with Gasteiger partial charge in [-0.2, -0.15) is 0 Å². The molecule has 1 saturated carbocycles. The minimum atomic E-state index is -0.00212. The number of ether oxygens (including phenoxy) is 2. The van der Waals surface area contributed by atoms with Crippen molar-refractivity contribution in [2.75, 3.05) is 26.3 Å². The summed E-state index contributed by atoms with van der Waals surface area (Å²) in [5, 5.41) is 0. The quantitative estimate of drug-likeness (QED) is 0.801. The predicted molar refractivity (Wildman–Crippen MR) is 72.7 cm³/mol. The van der Waals surface area contributed by atoms with Crippen LogP contribution >= 0.6 is 0 Å². The molecular weight excluding hydrogens is 244 g/mol. The number of nitrogens with two attached hydrogens (primary N) is 1. The number of amides is 1. The lowest BCUT2D eigenvalue weighted by atomic mass is 9.79. The molecule has 0 aromatic carbocycles. The fourth-order valence-corrected chi connectivity index (χ4v) is 2.88. The Bertz CT molecular complexity index is 305. The molecule has 0 spiro atoms. The Hall–Kier alpha value is -0.650. The minimum absolute atomic E-state index is 0.00212. The molecule has 1 aliphatic carbocycles. The molecule has 2 fully saturated rings. The lowest BCUT2D eigenvalue weighted by molar-refractivity contribution is -0.146. The van der Waals surface area contributed by atoms with E-state index in [9.17, 15) is 4.79 Å². The fraction of sp³-hybridized carbons (Fsp3) is 0.929. The molecular formula is C14H26N2O3. The summed E-state index contributed by atoms with van der Waals surface area (Å²) in [5.74, 6) is 0.740. The number of hydrogen-bond acceptors (Lipinski definition) is 4. The van der Waals surface area contributed by atoms with Gasteiger partial charge < -0.3 is 20.1 Å². The van der Waals surface area contributed by atoms with E-state index < -0.39 is 0 Å². The second-order valence-electron chi connectivity index (χ2n) is 5.71. The summed E-state index contributed by atoms with van der Waals surface area (Å²) in [5.41, 5.74) is 5.62. The van der Waals surface area contributed by atoms with Gasteiger partial charge in [0.25, 0.3) is 0 Å². The Kier molecular flexibility index (Phi) is 5.19. The predicted octanol–water partition coefficient (Wildman–Crippen LogP) is 0.766. The van der Waals surface area contributed by atoms with E-state index in [0.717, 1.165) is 19.4 Å². The maximum Gasteiger partial charge on any atom is 0.223 e. The maximum atomic E-state index is 12.3. The zero-order chi connectivity index (χ0) is 13.8. The first-order valence-electron chi connectivity index (χ1n) is 7.36. The number of carbonyl (C=O) groups is 1. The van der Waals surface area contributed by atoms with Crippen LogP contribution in [0.3, 0.4) is 0 Å². The molecule has 0 bridgehead atoms. The number of carbonyl (C=O) groups excluding carboxylic acids is 1. The average molecular weight is 270 g/mol. The van der Waals surface area contributed by atoms with Crippen molar-refractivity contribution in [1.82, 2.24) is 4.90 Å². The third-order valence-corrected chi connectivity index (χ3v) is 4.15. The molecule has 0 aromatic rings. The van der Waals surface area contributed by atoms with E-state index in [1.807, 2.05) is 18.7 Å². The first-order chi connectivity index (χ1) is 9.13. The summed E-state index contributed by atoms with van der Waals surface area (Å²) in [6.07, 6.45) is 3.07. The largest absolute Gasteiger partial charge is 0.378 e. The molecule has 0 aromatic heterocycles. The normalized spacial score (nSPS) is 35.0. The van der Waals surface area contributed by atoms with Gasteiger partial charge in [-0.3, -0.25) is 4.79 Å². The lowest BCUT2D eigenvalue weighted by Crippen LogP contribution is -2.53. The first kappa shape index (κ1) is 14.8. The van der Waals surface area contributed by atoms with E-state index in [-0.39, 0.29) is 18.1 Å². The summed E-state index contributed by atoms with van der Waals surface area (Å²) in [7, 11) is 0. The number of rotatable bonds is 5. The van der Waals surface area contributed by atoms with Gasteiger partial charge in [0.1, 0.15) is 0 Å². The van der Waals surface area contributed by atoms with Crippen LogP contribution in [0.1, 0.15) is 33.1 Å². The molecule has 1 amide bonds. The summed E-state index contributed by atoms with van der Waals surface area (Å²) < 4.78 is 11.1. The van der Waals surface area contributed by atoms with Crippen molar-refractivity contribution in [2.45, 2.75) is 51.4 Å². The average Bonchev–Trinajstić information content (AvgIpc) is 2.36. The van der Waals surface area contributed by atoms with Crippen molar-refractivity contribution >= 4 is 5.91 Å². The summed E-state index contributed by atoms with van der Waals surface area (Å²) in [6.45, 7) is 6.53. The molecule has 2 rings (SSSR count). The van der Waals surface area contributed by atoms with Gasteiger partial charge in [-0.1, -0.05) is 0 Å². The molecule has 2 unspecified atom stereocenters. The van der Waals surface area contributed by atoms with Crippen LogP contribution in [0.5, 0.6) is 0 Å². The SMILES string of the molecule is CCOC1CC(CC(=O)N2CC(CN)OCC2C)C1. The topological polar surface area (TPSA) is 64.8 Å². The molecule has 1 aliphatic heterocycles. The third-order valence-electron chi connectivity index (χ3n) is 4.15. The van der Waals surface area contributed by atoms with Gasteiger partial charge in [0.15, 0.2) is 0 Å². The highest BCUT2D eigenvalue weighted by Crippen LogP contribution is 2.33. The van der Waals surface area contributed by atoms with Crippen molar-refractivity contribution in [3.05, 3.63) is 0 Å². The Morgan fingerprint density at radius 1 is 1.47 bits per heavy atom. The van der Waals surface area contributed by atoms with E-state index in [0.29, 0.717) is 38.1 Å². The Morgan fingerprint density at radius 2 is 2.21 bits per heavy atom. The maximum absolute atomic E-state index is 12.3. The zero-order valence-corrected chi connectivity index (χ0v) is 12.0. The second-order valence-corrected chi connectivity index (χ2v) is 5.71. The van der Waals surface area contributed by atoms with Gasteiger partial charge in [-0.15, -0.1) is 0 Å². The Labute approximate surface area is 115 Å². The van der Waals surface area contributed by atoms with Gasteiger partial charge in [-0.05, 0) is 32.6 Å². The van der Waals surface area contributed by atoms with Crippen LogP contribution < -0.4 is 5.73 Å². The highest BCUT2D eigenvalue weighted by atomic mass is 16.5. The summed E-state index contributed by atoms with van der Waals surface area (Å²) >= 11 is 0. The molecule has 5 nitrogen and oxygen atoms in total. The molecule has 2 N–H and O–H groups in total. The minimum Gasteiger partial charge on any atom is -0.378 e. The standard InChI is InChI=1S/C14H26N2O3/c1-3-18-12-4-11(5-12)6-14(17)16-8-13(7-15)19-9-10(16)2/h10-13H,3-9,15H2,1-2H3. The van der Waals surface area contributed by atoms with Crippen LogP contribution in [-0.2, 0) is 14.3 Å². The highest BCUT2D eigenvalue weighted by molar-refractivity contribution is 5.77. The van der Waals surface area contributed by atoms with Gasteiger partial charge in [0.2, 0.25) is 5.91 Å². The molecule has 19 heavy (non-hydrogen) atoms. The van der Waals surface area contributed by atoms with Crippen molar-refractivity contribution in [2.24, 2.45) is 11.7 Å². The highest BCUT2D eigenvalue weighted by Gasteiger charge is 2.35. The van der Waals surface area contributed by atoms with Crippen molar-refractivity contribution < 1.29 is 14.3 Å². The van der Waals surface area contributed by atoms with Gasteiger partial charge in [-0.25, -0.2) is 0 Å². The smallest absolute Gasteiger partial charge is 0.223 e. The molecule has 1 heterocycles. The number of hydrogen-bond donors (Lipinski definition) is 1. The first-order valence-corrected chi connectivity index (χ1v) is 7.36. The fourth-order valence-electron chi connectivity index (χ4n) is 2.88. The van der Waals surface area contributed by atoms with E-state index in [1.165, 1.54) is 0 Å². The van der Waals surface area contributed by atoms with Crippen LogP contribution in [0.2, 0.25) is 0 Å². The van der Waals surface area contributed by atoms with E-state index in [1.54, 1.807) is 0 Å². The van der Waals surface area contributed by atoms with Crippen molar-refractivity contribution in [3.63, 3.8) is 0 Å². The van der Waals surface area contributed by atoms with E-state index in [4.69, 9.17) is 15.2 Å². The Morgan fingerprint density at radius 3 is 2.84 bits per heavy atom. The van der Waals surface area contributed by atoms with Crippen LogP contribution in [0, 0.1) is 5.92 Å². The van der Waals surface area contributed by atoms with Crippen LogP contribution in [0.15, 0.2) is 0 Å². The molecule has 5 heteroatoms. The summed E-state index contributed by atoms with van der Waals surface area (Å²) in [4.78, 5) is 14.3. The van der Waals surface area contributed by atoms with Crippen molar-refractivity contribution in [3.8, 4) is 0 Å². The van der Waals surface area contributed by atoms with E-state index in [2.05, 4.69) is 0 Å². The van der Waals surface area contributed by atoms with Gasteiger partial charge >= 0.3 is 0 Å². The Balaban J connectivity index is 1.76. The van der Waals surface area contributed by atoms with Crippen molar-refractivity contribution in [1.29, 1.82) is 0 Å². The molecule has 1 saturated heterocycles. The number of nitrogens with zero attached hydrogens (tertiary/aromatic N) is 1. The third kappa shape index (κ3) is 3.68. The van der Waals surface area contributed by atoms with Gasteiger partial charge in [0.05, 0.1) is 24.9 Å². The van der Waals surface area contributed by atoms with Gasteiger partial charge in [0, 0.05) is 26.1 Å². The lowest BCUT2D eigenvalue weighted by Gasteiger charge is -2.40. The summed E-state index contributed by atoms with van der Waals surface area (Å²) in [6, 6.07) is 0.165. The molecule has 2 atom stereocenters. The zero-order valence-electron chi connectivity index (χ0n) is 12.0. The van der Waals surface area contributed by atoms with Crippen LogP contribution in [-0.4, -0.2) is 55.4 Å². The second kappa shape index (κ2) is 6.68. The van der Waals surface area contributed by atoms with E-state index >= 15 is 0 Å². The molecule has 0 radical (unpaired) electrons. The van der Waals surface area contributed by atoms with Crippen LogP contribution in [0.4, 0.5) is 0 Å². The van der Waals surface area contributed by atoms with Crippen LogP contribution in [0.25, 0.3) is 0 Å². The number of morpholine rings is 1. The molecule has 110 valence electrons.